The van der Waals surface area contributed by atoms with Crippen LogP contribution in [0.1, 0.15) is 17.5 Å². The molecule has 2 amide bonds. The summed E-state index contributed by atoms with van der Waals surface area (Å²) in [7, 11) is 0. The van der Waals surface area contributed by atoms with Crippen molar-refractivity contribution in [3.63, 3.8) is 0 Å². The SMILES string of the molecule is Cc1cccc(C)c1NC(=O)CC(=O)Nc1ccc(Cl)cc1. The molecule has 0 radical (unpaired) electrons. The van der Waals surface area contributed by atoms with Crippen molar-refractivity contribution in [1.82, 2.24) is 0 Å². The molecule has 0 spiro atoms. The lowest BCUT2D eigenvalue weighted by molar-refractivity contribution is -0.123. The molecule has 0 fully saturated rings. The Morgan fingerprint density at radius 2 is 1.45 bits per heavy atom. The van der Waals surface area contributed by atoms with E-state index in [0.29, 0.717) is 10.7 Å². The Hall–Kier alpha value is -2.33. The number of rotatable bonds is 4. The van der Waals surface area contributed by atoms with E-state index in [9.17, 15) is 9.59 Å². The third-order valence-corrected chi connectivity index (χ3v) is 3.45. The van der Waals surface area contributed by atoms with E-state index in [1.807, 2.05) is 32.0 Å². The molecule has 0 atom stereocenters. The number of para-hydroxylation sites is 1. The predicted octanol–water partition coefficient (Wildman–Crippen LogP) is 3.92. The monoisotopic (exact) mass is 316 g/mol. The van der Waals surface area contributed by atoms with Crippen LogP contribution in [0.2, 0.25) is 5.02 Å². The Morgan fingerprint density at radius 1 is 0.909 bits per heavy atom. The van der Waals surface area contributed by atoms with Crippen LogP contribution in [0.4, 0.5) is 11.4 Å². The van der Waals surface area contributed by atoms with E-state index in [0.717, 1.165) is 16.8 Å². The molecule has 4 nitrogen and oxygen atoms in total. The van der Waals surface area contributed by atoms with Gasteiger partial charge in [-0.05, 0) is 49.2 Å². The average molecular weight is 317 g/mol. The number of anilines is 2. The molecular weight excluding hydrogens is 300 g/mol. The summed E-state index contributed by atoms with van der Waals surface area (Å²) in [6.45, 7) is 3.83. The maximum atomic E-state index is 12.0. The Morgan fingerprint density at radius 3 is 2.05 bits per heavy atom. The highest BCUT2D eigenvalue weighted by Crippen LogP contribution is 2.19. The van der Waals surface area contributed by atoms with E-state index >= 15 is 0 Å². The summed E-state index contributed by atoms with van der Waals surface area (Å²) in [5, 5.41) is 6.03. The maximum Gasteiger partial charge on any atom is 0.233 e. The first-order chi connectivity index (χ1) is 10.5. The molecule has 0 heterocycles. The van der Waals surface area contributed by atoms with Gasteiger partial charge < -0.3 is 10.6 Å². The second-order valence-corrected chi connectivity index (χ2v) is 5.48. The number of carbonyl (C=O) groups is 2. The van der Waals surface area contributed by atoms with Gasteiger partial charge in [-0.3, -0.25) is 9.59 Å². The quantitative estimate of drug-likeness (QED) is 0.840. The third-order valence-electron chi connectivity index (χ3n) is 3.19. The number of hydrogen-bond donors (Lipinski definition) is 2. The molecule has 0 aliphatic rings. The Balaban J connectivity index is 1.94. The van der Waals surface area contributed by atoms with Crippen LogP contribution in [0.15, 0.2) is 42.5 Å². The molecule has 0 aliphatic heterocycles. The Labute approximate surface area is 134 Å². The van der Waals surface area contributed by atoms with Crippen molar-refractivity contribution in [2.24, 2.45) is 0 Å². The lowest BCUT2D eigenvalue weighted by Gasteiger charge is -2.11. The van der Waals surface area contributed by atoms with E-state index < -0.39 is 0 Å². The normalized spacial score (nSPS) is 10.1. The Bertz CT molecular complexity index is 676. The van der Waals surface area contributed by atoms with E-state index in [-0.39, 0.29) is 18.2 Å². The average Bonchev–Trinajstić information content (AvgIpc) is 2.45. The standard InChI is InChI=1S/C17H17ClN2O2/c1-11-4-3-5-12(2)17(11)20-16(22)10-15(21)19-14-8-6-13(18)7-9-14/h3-9H,10H2,1-2H3,(H,19,21)(H,20,22). The predicted molar refractivity (Wildman–Crippen MR) is 89.2 cm³/mol. The molecule has 0 bridgehead atoms. The number of hydrogen-bond acceptors (Lipinski definition) is 2. The van der Waals surface area contributed by atoms with E-state index in [1.165, 1.54) is 0 Å². The summed E-state index contributed by atoms with van der Waals surface area (Å²) in [4.78, 5) is 23.8. The fourth-order valence-electron chi connectivity index (χ4n) is 2.08. The molecular formula is C17H17ClN2O2. The first-order valence-corrected chi connectivity index (χ1v) is 7.25. The summed E-state index contributed by atoms with van der Waals surface area (Å²) in [6.07, 6.45) is -0.240. The molecule has 2 aromatic rings. The zero-order valence-electron chi connectivity index (χ0n) is 12.4. The fraction of sp³-hybridized carbons (Fsp3) is 0.176. The number of nitrogens with one attached hydrogen (secondary N) is 2. The van der Waals surface area contributed by atoms with Gasteiger partial charge in [-0.1, -0.05) is 29.8 Å². The van der Waals surface area contributed by atoms with Crippen molar-refractivity contribution in [2.45, 2.75) is 20.3 Å². The zero-order chi connectivity index (χ0) is 16.1. The Kier molecular flexibility index (Phi) is 5.17. The third kappa shape index (κ3) is 4.33. The van der Waals surface area contributed by atoms with Crippen LogP contribution in [0.25, 0.3) is 0 Å². The minimum absolute atomic E-state index is 0.240. The highest BCUT2D eigenvalue weighted by atomic mass is 35.5. The molecule has 5 heteroatoms. The van der Waals surface area contributed by atoms with Gasteiger partial charge in [-0.15, -0.1) is 0 Å². The molecule has 2 rings (SSSR count). The summed E-state index contributed by atoms with van der Waals surface area (Å²) >= 11 is 5.78. The van der Waals surface area contributed by atoms with Gasteiger partial charge in [-0.2, -0.15) is 0 Å². The van der Waals surface area contributed by atoms with Gasteiger partial charge in [0, 0.05) is 16.4 Å². The van der Waals surface area contributed by atoms with Gasteiger partial charge in [0.25, 0.3) is 0 Å². The molecule has 2 N–H and O–H groups in total. The van der Waals surface area contributed by atoms with Gasteiger partial charge in [-0.25, -0.2) is 0 Å². The number of benzene rings is 2. The van der Waals surface area contributed by atoms with Gasteiger partial charge in [0.15, 0.2) is 0 Å². The lowest BCUT2D eigenvalue weighted by atomic mass is 10.1. The topological polar surface area (TPSA) is 58.2 Å². The van der Waals surface area contributed by atoms with Crippen LogP contribution in [0, 0.1) is 13.8 Å². The number of carbonyl (C=O) groups excluding carboxylic acids is 2. The molecule has 0 aliphatic carbocycles. The highest BCUT2D eigenvalue weighted by Gasteiger charge is 2.12. The van der Waals surface area contributed by atoms with Crippen LogP contribution in [-0.2, 0) is 9.59 Å². The molecule has 2 aromatic carbocycles. The van der Waals surface area contributed by atoms with Gasteiger partial charge in [0.05, 0.1) is 0 Å². The first kappa shape index (κ1) is 16.0. The minimum Gasteiger partial charge on any atom is -0.326 e. The summed E-state index contributed by atoms with van der Waals surface area (Å²) < 4.78 is 0. The van der Waals surface area contributed by atoms with Gasteiger partial charge in [0.2, 0.25) is 11.8 Å². The highest BCUT2D eigenvalue weighted by molar-refractivity contribution is 6.30. The van der Waals surface area contributed by atoms with Crippen LogP contribution < -0.4 is 10.6 Å². The second kappa shape index (κ2) is 7.09. The summed E-state index contributed by atoms with van der Waals surface area (Å²) in [5.74, 6) is -0.713. The molecule has 114 valence electrons. The van der Waals surface area contributed by atoms with E-state index in [1.54, 1.807) is 24.3 Å². The van der Waals surface area contributed by atoms with Crippen molar-refractivity contribution in [3.8, 4) is 0 Å². The molecule has 0 unspecified atom stereocenters. The van der Waals surface area contributed by atoms with Crippen LogP contribution in [-0.4, -0.2) is 11.8 Å². The number of aryl methyl sites for hydroxylation is 2. The zero-order valence-corrected chi connectivity index (χ0v) is 13.2. The second-order valence-electron chi connectivity index (χ2n) is 5.05. The van der Waals surface area contributed by atoms with E-state index in [4.69, 9.17) is 11.6 Å². The van der Waals surface area contributed by atoms with Gasteiger partial charge in [0.1, 0.15) is 6.42 Å². The molecule has 0 saturated carbocycles. The summed E-state index contributed by atoms with van der Waals surface area (Å²) in [5.41, 5.74) is 3.29. The van der Waals surface area contributed by atoms with Crippen molar-refractivity contribution in [1.29, 1.82) is 0 Å². The largest absolute Gasteiger partial charge is 0.326 e. The minimum atomic E-state index is -0.369. The van der Waals surface area contributed by atoms with Gasteiger partial charge >= 0.3 is 0 Å². The van der Waals surface area contributed by atoms with Crippen molar-refractivity contribution in [2.75, 3.05) is 10.6 Å². The van der Waals surface area contributed by atoms with Crippen LogP contribution >= 0.6 is 11.6 Å². The number of amides is 2. The molecule has 0 aromatic heterocycles. The van der Waals surface area contributed by atoms with Crippen molar-refractivity contribution in [3.05, 3.63) is 58.6 Å². The van der Waals surface area contributed by atoms with Crippen LogP contribution in [0.3, 0.4) is 0 Å². The van der Waals surface area contributed by atoms with Crippen LogP contribution in [0.5, 0.6) is 0 Å². The lowest BCUT2D eigenvalue weighted by Crippen LogP contribution is -2.22. The summed E-state index contributed by atoms with van der Waals surface area (Å²) in [6, 6.07) is 12.5. The number of halogens is 1. The fourth-order valence-corrected chi connectivity index (χ4v) is 2.21. The van der Waals surface area contributed by atoms with Crippen molar-refractivity contribution >= 4 is 34.8 Å². The van der Waals surface area contributed by atoms with Crippen molar-refractivity contribution < 1.29 is 9.59 Å². The first-order valence-electron chi connectivity index (χ1n) is 6.87. The van der Waals surface area contributed by atoms with E-state index in [2.05, 4.69) is 10.6 Å². The molecule has 0 saturated heterocycles. The smallest absolute Gasteiger partial charge is 0.233 e. The molecule has 22 heavy (non-hydrogen) atoms. The maximum absolute atomic E-state index is 12.0.